The fourth-order valence-corrected chi connectivity index (χ4v) is 3.56. The minimum absolute atomic E-state index is 0.282. The molecule has 1 fully saturated rings. The van der Waals surface area contributed by atoms with Crippen molar-refractivity contribution in [3.05, 3.63) is 77.3 Å². The first-order chi connectivity index (χ1) is 14.2. The monoisotopic (exact) mass is 396 g/mol. The molecule has 152 valence electrons. The number of halogens is 1. The summed E-state index contributed by atoms with van der Waals surface area (Å²) in [6.45, 7) is 5.05. The number of hydrogen-bond acceptors (Lipinski definition) is 6. The molecule has 0 bridgehead atoms. The fourth-order valence-electron chi connectivity index (χ4n) is 3.56. The molecular formula is C22H25FN4O2. The molecule has 7 heteroatoms. The van der Waals surface area contributed by atoms with E-state index < -0.39 is 0 Å². The van der Waals surface area contributed by atoms with Crippen LogP contribution in [0.1, 0.15) is 22.9 Å². The molecule has 0 saturated carbocycles. The molecule has 1 aliphatic rings. The summed E-state index contributed by atoms with van der Waals surface area (Å²) >= 11 is 0. The summed E-state index contributed by atoms with van der Waals surface area (Å²) in [6.07, 6.45) is 0.653. The molecule has 0 spiro atoms. The van der Waals surface area contributed by atoms with E-state index in [4.69, 9.17) is 9.15 Å². The number of nitrogens with zero attached hydrogens (tertiary/aromatic N) is 4. The molecule has 0 atom stereocenters. The number of aromatic nitrogens is 2. The molecule has 0 N–H and O–H groups in total. The number of ether oxygens (including phenoxy) is 1. The van der Waals surface area contributed by atoms with Gasteiger partial charge in [-0.05, 0) is 23.3 Å². The standard InChI is InChI=1S/C22H25FN4O2/c1-28-20-8-7-18(13-19(20)23)15-26-9-11-27(12-10-26)16-22-25-24-21(29-22)14-17-5-3-2-4-6-17/h2-8,13H,9-12,14-16H2,1H3. The van der Waals surface area contributed by atoms with Crippen molar-refractivity contribution in [1.82, 2.24) is 20.0 Å². The Bertz CT molecular complexity index is 924. The van der Waals surface area contributed by atoms with E-state index in [2.05, 4.69) is 32.1 Å². The van der Waals surface area contributed by atoms with Gasteiger partial charge in [0.25, 0.3) is 0 Å². The van der Waals surface area contributed by atoms with Crippen molar-refractivity contribution in [2.45, 2.75) is 19.5 Å². The summed E-state index contributed by atoms with van der Waals surface area (Å²) in [5, 5.41) is 8.36. The fraction of sp³-hybridized carbons (Fsp3) is 0.364. The van der Waals surface area contributed by atoms with E-state index in [-0.39, 0.29) is 11.6 Å². The van der Waals surface area contributed by atoms with Crippen molar-refractivity contribution in [3.8, 4) is 5.75 Å². The highest BCUT2D eigenvalue weighted by atomic mass is 19.1. The number of piperazine rings is 1. The topological polar surface area (TPSA) is 54.6 Å². The van der Waals surface area contributed by atoms with Crippen molar-refractivity contribution >= 4 is 0 Å². The van der Waals surface area contributed by atoms with Crippen molar-refractivity contribution in [3.63, 3.8) is 0 Å². The van der Waals surface area contributed by atoms with Gasteiger partial charge in [0.2, 0.25) is 11.8 Å². The number of methoxy groups -OCH3 is 1. The lowest BCUT2D eigenvalue weighted by molar-refractivity contribution is 0.114. The molecule has 4 rings (SSSR count). The van der Waals surface area contributed by atoms with Gasteiger partial charge in [-0.2, -0.15) is 0 Å². The van der Waals surface area contributed by atoms with E-state index in [1.54, 1.807) is 12.1 Å². The Hall–Kier alpha value is -2.77. The van der Waals surface area contributed by atoms with Crippen LogP contribution in [-0.2, 0) is 19.5 Å². The summed E-state index contributed by atoms with van der Waals surface area (Å²) < 4.78 is 24.7. The van der Waals surface area contributed by atoms with Crippen LogP contribution in [-0.4, -0.2) is 53.3 Å². The van der Waals surface area contributed by atoms with Crippen molar-refractivity contribution < 1.29 is 13.5 Å². The number of rotatable bonds is 7. The normalized spacial score (nSPS) is 15.5. The smallest absolute Gasteiger partial charge is 0.230 e. The average Bonchev–Trinajstić information content (AvgIpc) is 3.17. The van der Waals surface area contributed by atoms with Gasteiger partial charge in [-0.3, -0.25) is 9.80 Å². The summed E-state index contributed by atoms with van der Waals surface area (Å²) in [5.41, 5.74) is 2.12. The van der Waals surface area contributed by atoms with Crippen LogP contribution in [0.3, 0.4) is 0 Å². The van der Waals surface area contributed by atoms with Gasteiger partial charge in [0.15, 0.2) is 11.6 Å². The Balaban J connectivity index is 1.25. The van der Waals surface area contributed by atoms with Gasteiger partial charge in [-0.1, -0.05) is 36.4 Å². The quantitative estimate of drug-likeness (QED) is 0.612. The second kappa shape index (κ2) is 9.15. The van der Waals surface area contributed by atoms with Crippen LogP contribution in [0.4, 0.5) is 4.39 Å². The molecule has 1 saturated heterocycles. The molecule has 6 nitrogen and oxygen atoms in total. The van der Waals surface area contributed by atoms with E-state index in [9.17, 15) is 4.39 Å². The van der Waals surface area contributed by atoms with Gasteiger partial charge >= 0.3 is 0 Å². The highest BCUT2D eigenvalue weighted by Gasteiger charge is 2.19. The third-order valence-electron chi connectivity index (χ3n) is 5.15. The molecular weight excluding hydrogens is 371 g/mol. The van der Waals surface area contributed by atoms with E-state index in [1.807, 2.05) is 24.3 Å². The van der Waals surface area contributed by atoms with Gasteiger partial charge in [0.1, 0.15) is 0 Å². The molecule has 0 amide bonds. The summed E-state index contributed by atoms with van der Waals surface area (Å²) in [4.78, 5) is 4.64. The maximum absolute atomic E-state index is 13.9. The summed E-state index contributed by atoms with van der Waals surface area (Å²) in [7, 11) is 1.48. The van der Waals surface area contributed by atoms with E-state index >= 15 is 0 Å². The van der Waals surface area contributed by atoms with E-state index in [0.29, 0.717) is 24.7 Å². The third-order valence-corrected chi connectivity index (χ3v) is 5.15. The Labute approximate surface area is 169 Å². The Morgan fingerprint density at radius 2 is 1.59 bits per heavy atom. The van der Waals surface area contributed by atoms with Gasteiger partial charge in [-0.25, -0.2) is 4.39 Å². The second-order valence-electron chi connectivity index (χ2n) is 7.27. The van der Waals surface area contributed by atoms with Crippen molar-refractivity contribution in [2.75, 3.05) is 33.3 Å². The molecule has 2 aromatic carbocycles. The Morgan fingerprint density at radius 1 is 0.897 bits per heavy atom. The van der Waals surface area contributed by atoms with Gasteiger partial charge in [0, 0.05) is 32.7 Å². The van der Waals surface area contributed by atoms with Crippen LogP contribution in [0.15, 0.2) is 52.9 Å². The molecule has 2 heterocycles. The Morgan fingerprint density at radius 3 is 2.28 bits per heavy atom. The maximum Gasteiger partial charge on any atom is 0.230 e. The second-order valence-corrected chi connectivity index (χ2v) is 7.27. The van der Waals surface area contributed by atoms with Crippen LogP contribution in [0.2, 0.25) is 0 Å². The van der Waals surface area contributed by atoms with Gasteiger partial charge < -0.3 is 9.15 Å². The molecule has 29 heavy (non-hydrogen) atoms. The first-order valence-electron chi connectivity index (χ1n) is 9.82. The van der Waals surface area contributed by atoms with Gasteiger partial charge in [0.05, 0.1) is 20.1 Å². The molecule has 3 aromatic rings. The molecule has 0 unspecified atom stereocenters. The number of benzene rings is 2. The zero-order valence-electron chi connectivity index (χ0n) is 16.6. The summed E-state index contributed by atoms with van der Waals surface area (Å²) in [5.74, 6) is 1.27. The number of hydrogen-bond donors (Lipinski definition) is 0. The van der Waals surface area contributed by atoms with Crippen LogP contribution < -0.4 is 4.74 Å². The minimum Gasteiger partial charge on any atom is -0.494 e. The van der Waals surface area contributed by atoms with Crippen LogP contribution >= 0.6 is 0 Å². The van der Waals surface area contributed by atoms with E-state index in [0.717, 1.165) is 43.9 Å². The zero-order valence-corrected chi connectivity index (χ0v) is 16.6. The largest absolute Gasteiger partial charge is 0.494 e. The third kappa shape index (κ3) is 5.19. The SMILES string of the molecule is COc1ccc(CN2CCN(Cc3nnc(Cc4ccccc4)o3)CC2)cc1F. The molecule has 0 radical (unpaired) electrons. The predicted octanol–water partition coefficient (Wildman–Crippen LogP) is 3.13. The summed E-state index contributed by atoms with van der Waals surface area (Å²) in [6, 6.07) is 15.3. The van der Waals surface area contributed by atoms with E-state index in [1.165, 1.54) is 7.11 Å². The minimum atomic E-state index is -0.314. The lowest BCUT2D eigenvalue weighted by Crippen LogP contribution is -2.45. The van der Waals surface area contributed by atoms with Crippen LogP contribution in [0, 0.1) is 5.82 Å². The maximum atomic E-state index is 13.9. The average molecular weight is 396 g/mol. The van der Waals surface area contributed by atoms with Gasteiger partial charge in [-0.15, -0.1) is 10.2 Å². The van der Waals surface area contributed by atoms with Crippen molar-refractivity contribution in [1.29, 1.82) is 0 Å². The first-order valence-corrected chi connectivity index (χ1v) is 9.82. The zero-order chi connectivity index (χ0) is 20.1. The lowest BCUT2D eigenvalue weighted by Gasteiger charge is -2.34. The molecule has 0 aliphatic carbocycles. The Kier molecular flexibility index (Phi) is 6.17. The highest BCUT2D eigenvalue weighted by Crippen LogP contribution is 2.19. The lowest BCUT2D eigenvalue weighted by atomic mass is 10.1. The van der Waals surface area contributed by atoms with Crippen LogP contribution in [0.25, 0.3) is 0 Å². The molecule has 1 aromatic heterocycles. The van der Waals surface area contributed by atoms with Crippen molar-refractivity contribution in [2.24, 2.45) is 0 Å². The van der Waals surface area contributed by atoms with Crippen LogP contribution in [0.5, 0.6) is 5.75 Å². The molecule has 1 aliphatic heterocycles. The predicted molar refractivity (Wildman–Crippen MR) is 107 cm³/mol. The first kappa shape index (κ1) is 19.5. The highest BCUT2D eigenvalue weighted by molar-refractivity contribution is 5.29.